The van der Waals surface area contributed by atoms with Crippen molar-refractivity contribution in [3.05, 3.63) is 71.0 Å². The first-order valence-corrected chi connectivity index (χ1v) is 9.30. The van der Waals surface area contributed by atoms with E-state index in [9.17, 15) is 9.50 Å². The molecule has 0 aromatic heterocycles. The molecule has 2 aromatic rings. The number of rotatable bonds is 4. The van der Waals surface area contributed by atoms with E-state index in [4.69, 9.17) is 0 Å². The van der Waals surface area contributed by atoms with Gasteiger partial charge in [-0.2, -0.15) is 0 Å². The normalized spacial score (nSPS) is 29.3. The SMILES string of the molecule is Cc1ccccc1C1(O)CCN(CC2CNNC2c2ccc(F)cc2)C1. The van der Waals surface area contributed by atoms with Crippen LogP contribution in [0.4, 0.5) is 4.39 Å². The molecule has 0 saturated carbocycles. The van der Waals surface area contributed by atoms with Crippen LogP contribution in [-0.2, 0) is 5.60 Å². The number of likely N-dealkylation sites (tertiary alicyclic amines) is 1. The largest absolute Gasteiger partial charge is 0.384 e. The van der Waals surface area contributed by atoms with Gasteiger partial charge >= 0.3 is 0 Å². The summed E-state index contributed by atoms with van der Waals surface area (Å²) in [6.07, 6.45) is 0.757. The van der Waals surface area contributed by atoms with Crippen LogP contribution in [0.1, 0.15) is 29.2 Å². The number of benzene rings is 2. The van der Waals surface area contributed by atoms with Crippen LogP contribution in [0.5, 0.6) is 0 Å². The lowest BCUT2D eigenvalue weighted by atomic mass is 9.89. The summed E-state index contributed by atoms with van der Waals surface area (Å²) in [5.74, 6) is 0.166. The van der Waals surface area contributed by atoms with Crippen molar-refractivity contribution in [3.8, 4) is 0 Å². The highest BCUT2D eigenvalue weighted by atomic mass is 19.1. The molecule has 0 spiro atoms. The minimum absolute atomic E-state index is 0.155. The van der Waals surface area contributed by atoms with E-state index in [0.717, 1.165) is 42.7 Å². The Labute approximate surface area is 154 Å². The Kier molecular flexibility index (Phi) is 4.80. The first kappa shape index (κ1) is 17.6. The zero-order valence-corrected chi connectivity index (χ0v) is 15.1. The number of aryl methyl sites for hydroxylation is 1. The zero-order valence-electron chi connectivity index (χ0n) is 15.1. The van der Waals surface area contributed by atoms with Crippen LogP contribution in [0.2, 0.25) is 0 Å². The number of aliphatic hydroxyl groups is 1. The molecule has 3 unspecified atom stereocenters. The number of β-amino-alcohol motifs (C(OH)–C–C–N with tert-alkyl or cyclic N) is 1. The van der Waals surface area contributed by atoms with Crippen LogP contribution in [-0.4, -0.2) is 36.2 Å². The van der Waals surface area contributed by atoms with E-state index in [1.54, 1.807) is 0 Å². The molecule has 4 rings (SSSR count). The van der Waals surface area contributed by atoms with E-state index in [1.807, 2.05) is 30.3 Å². The van der Waals surface area contributed by atoms with Gasteiger partial charge in [-0.05, 0) is 42.2 Å². The molecule has 3 N–H and O–H groups in total. The molecular formula is C21H26FN3O. The monoisotopic (exact) mass is 355 g/mol. The smallest absolute Gasteiger partial charge is 0.123 e. The molecule has 0 radical (unpaired) electrons. The van der Waals surface area contributed by atoms with Gasteiger partial charge in [0.25, 0.3) is 0 Å². The molecular weight excluding hydrogens is 329 g/mol. The second-order valence-corrected chi connectivity index (χ2v) is 7.65. The van der Waals surface area contributed by atoms with Gasteiger partial charge in [0.15, 0.2) is 0 Å². The van der Waals surface area contributed by atoms with Crippen LogP contribution in [0.3, 0.4) is 0 Å². The molecule has 2 fully saturated rings. The third kappa shape index (κ3) is 3.40. The van der Waals surface area contributed by atoms with Crippen LogP contribution in [0, 0.1) is 18.7 Å². The topological polar surface area (TPSA) is 47.5 Å². The Morgan fingerprint density at radius 2 is 1.96 bits per heavy atom. The van der Waals surface area contributed by atoms with Gasteiger partial charge in [0.05, 0.1) is 6.04 Å². The van der Waals surface area contributed by atoms with Gasteiger partial charge in [0, 0.05) is 32.1 Å². The molecule has 0 aliphatic carbocycles. The Morgan fingerprint density at radius 1 is 1.19 bits per heavy atom. The fourth-order valence-electron chi connectivity index (χ4n) is 4.40. The van der Waals surface area contributed by atoms with E-state index >= 15 is 0 Å². The van der Waals surface area contributed by atoms with Gasteiger partial charge in [-0.15, -0.1) is 0 Å². The van der Waals surface area contributed by atoms with Crippen LogP contribution >= 0.6 is 0 Å². The fraction of sp³-hybridized carbons (Fsp3) is 0.429. The molecule has 2 aliphatic heterocycles. The number of hydrogen-bond donors (Lipinski definition) is 3. The third-order valence-corrected chi connectivity index (χ3v) is 5.79. The summed E-state index contributed by atoms with van der Waals surface area (Å²) in [6, 6.07) is 15.0. The summed E-state index contributed by atoms with van der Waals surface area (Å²) in [6.45, 7) is 5.37. The number of nitrogens with zero attached hydrogens (tertiary/aromatic N) is 1. The van der Waals surface area contributed by atoms with Gasteiger partial charge < -0.3 is 5.11 Å². The van der Waals surface area contributed by atoms with Crippen molar-refractivity contribution < 1.29 is 9.50 Å². The highest BCUT2D eigenvalue weighted by Crippen LogP contribution is 2.35. The second kappa shape index (κ2) is 7.08. The van der Waals surface area contributed by atoms with Crippen molar-refractivity contribution in [3.63, 3.8) is 0 Å². The van der Waals surface area contributed by atoms with Crippen molar-refractivity contribution in [2.24, 2.45) is 5.92 Å². The van der Waals surface area contributed by atoms with Crippen LogP contribution in [0.25, 0.3) is 0 Å². The fourth-order valence-corrected chi connectivity index (χ4v) is 4.40. The number of halogens is 1. The van der Waals surface area contributed by atoms with Crippen molar-refractivity contribution >= 4 is 0 Å². The Bertz CT molecular complexity index is 766. The molecule has 2 aliphatic rings. The van der Waals surface area contributed by atoms with E-state index in [1.165, 1.54) is 12.1 Å². The highest BCUT2D eigenvalue weighted by molar-refractivity contribution is 5.32. The number of hydrogen-bond acceptors (Lipinski definition) is 4. The lowest BCUT2D eigenvalue weighted by molar-refractivity contribution is 0.0437. The van der Waals surface area contributed by atoms with Gasteiger partial charge in [-0.25, -0.2) is 9.82 Å². The van der Waals surface area contributed by atoms with Gasteiger partial charge in [0.2, 0.25) is 0 Å². The molecule has 0 bridgehead atoms. The molecule has 26 heavy (non-hydrogen) atoms. The summed E-state index contributed by atoms with van der Waals surface area (Å²) >= 11 is 0. The molecule has 2 heterocycles. The second-order valence-electron chi connectivity index (χ2n) is 7.65. The maximum atomic E-state index is 13.2. The van der Waals surface area contributed by atoms with Gasteiger partial charge in [-0.3, -0.25) is 10.3 Å². The zero-order chi connectivity index (χ0) is 18.1. The van der Waals surface area contributed by atoms with Crippen molar-refractivity contribution in [1.82, 2.24) is 15.8 Å². The Morgan fingerprint density at radius 3 is 2.73 bits per heavy atom. The lowest BCUT2D eigenvalue weighted by Gasteiger charge is -2.28. The minimum atomic E-state index is -0.768. The quantitative estimate of drug-likeness (QED) is 0.789. The summed E-state index contributed by atoms with van der Waals surface area (Å²) < 4.78 is 13.2. The Hall–Kier alpha value is -1.79. The predicted molar refractivity (Wildman–Crippen MR) is 99.9 cm³/mol. The summed E-state index contributed by atoms with van der Waals surface area (Å²) in [5, 5.41) is 11.2. The van der Waals surface area contributed by atoms with Crippen LogP contribution in [0.15, 0.2) is 48.5 Å². The molecule has 5 heteroatoms. The first-order chi connectivity index (χ1) is 12.5. The summed E-state index contributed by atoms with van der Waals surface area (Å²) in [5.41, 5.74) is 9.06. The molecule has 138 valence electrons. The molecule has 4 nitrogen and oxygen atoms in total. The average molecular weight is 355 g/mol. The van der Waals surface area contributed by atoms with Crippen molar-refractivity contribution in [2.45, 2.75) is 25.0 Å². The summed E-state index contributed by atoms with van der Waals surface area (Å²) in [4.78, 5) is 2.35. The van der Waals surface area contributed by atoms with Gasteiger partial charge in [-0.1, -0.05) is 36.4 Å². The number of hydrazine groups is 1. The van der Waals surface area contributed by atoms with E-state index in [-0.39, 0.29) is 11.9 Å². The maximum Gasteiger partial charge on any atom is 0.123 e. The third-order valence-electron chi connectivity index (χ3n) is 5.79. The summed E-state index contributed by atoms with van der Waals surface area (Å²) in [7, 11) is 0. The van der Waals surface area contributed by atoms with Crippen LogP contribution < -0.4 is 10.9 Å². The highest BCUT2D eigenvalue weighted by Gasteiger charge is 2.40. The van der Waals surface area contributed by atoms with Gasteiger partial charge in [0.1, 0.15) is 11.4 Å². The van der Waals surface area contributed by atoms with E-state index in [2.05, 4.69) is 28.7 Å². The minimum Gasteiger partial charge on any atom is -0.384 e. The van der Waals surface area contributed by atoms with E-state index in [0.29, 0.717) is 12.5 Å². The Balaban J connectivity index is 1.45. The number of nitrogens with one attached hydrogen (secondary N) is 2. The maximum absolute atomic E-state index is 13.2. The predicted octanol–water partition coefficient (Wildman–Crippen LogP) is 2.49. The van der Waals surface area contributed by atoms with E-state index < -0.39 is 5.60 Å². The standard InChI is InChI=1S/C21H26FN3O/c1-15-4-2-3-5-19(15)21(26)10-11-25(14-21)13-17-12-23-24-20(17)16-6-8-18(22)9-7-16/h2-9,17,20,23-24,26H,10-14H2,1H3. The lowest BCUT2D eigenvalue weighted by Crippen LogP contribution is -2.35. The molecule has 2 saturated heterocycles. The van der Waals surface area contributed by atoms with Crippen molar-refractivity contribution in [2.75, 3.05) is 26.2 Å². The van der Waals surface area contributed by atoms with Crippen molar-refractivity contribution in [1.29, 1.82) is 0 Å². The molecule has 3 atom stereocenters. The molecule has 0 amide bonds. The first-order valence-electron chi connectivity index (χ1n) is 9.30. The average Bonchev–Trinajstić information content (AvgIpc) is 3.24. The molecule has 2 aromatic carbocycles.